The number of alkyl halides is 2. The van der Waals surface area contributed by atoms with Crippen molar-refractivity contribution in [2.75, 3.05) is 13.7 Å². The minimum absolute atomic E-state index is 0.119. The van der Waals surface area contributed by atoms with Crippen molar-refractivity contribution in [3.8, 4) is 11.5 Å². The Labute approximate surface area is 153 Å². The fourth-order valence-corrected chi connectivity index (χ4v) is 3.01. The van der Waals surface area contributed by atoms with E-state index in [0.29, 0.717) is 18.8 Å². The molecule has 0 radical (unpaired) electrons. The summed E-state index contributed by atoms with van der Waals surface area (Å²) in [5.74, 6) is 0.942. The van der Waals surface area contributed by atoms with Crippen molar-refractivity contribution >= 4 is 29.1 Å². The number of hydrogen-bond acceptors (Lipinski definition) is 3. The molecule has 0 heterocycles. The molecule has 1 N–H and O–H groups in total. The molecule has 4 nitrogen and oxygen atoms in total. The highest BCUT2D eigenvalue weighted by Gasteiger charge is 2.56. The Morgan fingerprint density at radius 2 is 2.08 bits per heavy atom. The summed E-state index contributed by atoms with van der Waals surface area (Å²) < 4.78 is 10.3. The third kappa shape index (κ3) is 4.93. The maximum absolute atomic E-state index is 12.1. The van der Waals surface area contributed by atoms with E-state index in [-0.39, 0.29) is 17.9 Å². The zero-order valence-electron chi connectivity index (χ0n) is 14.4. The van der Waals surface area contributed by atoms with Gasteiger partial charge in [0.2, 0.25) is 5.91 Å². The van der Waals surface area contributed by atoms with Crippen LogP contribution in [-0.2, 0) is 4.79 Å². The van der Waals surface area contributed by atoms with Gasteiger partial charge in [-0.1, -0.05) is 25.8 Å². The maximum Gasteiger partial charge on any atom is 0.226 e. The average Bonchev–Trinajstić information content (AvgIpc) is 3.20. The molecule has 1 aromatic rings. The quantitative estimate of drug-likeness (QED) is 0.506. The number of hydrogen-bond donors (Lipinski definition) is 1. The first kappa shape index (κ1) is 19.2. The van der Waals surface area contributed by atoms with E-state index in [2.05, 4.69) is 12.2 Å². The number of methoxy groups -OCH3 is 1. The van der Waals surface area contributed by atoms with Crippen LogP contribution in [0, 0.1) is 5.92 Å². The SMILES string of the molecule is CCCCCOc1ccc(C(C)NC(=O)C2CC2(Cl)Cl)cc1OC. The van der Waals surface area contributed by atoms with Gasteiger partial charge < -0.3 is 14.8 Å². The van der Waals surface area contributed by atoms with Crippen molar-refractivity contribution in [3.63, 3.8) is 0 Å². The molecule has 24 heavy (non-hydrogen) atoms. The van der Waals surface area contributed by atoms with Gasteiger partial charge in [0.15, 0.2) is 11.5 Å². The van der Waals surface area contributed by atoms with Gasteiger partial charge in [0, 0.05) is 0 Å². The monoisotopic (exact) mass is 373 g/mol. The Kier molecular flexibility index (Phi) is 6.64. The molecule has 0 spiro atoms. The lowest BCUT2D eigenvalue weighted by atomic mass is 10.1. The van der Waals surface area contributed by atoms with E-state index in [0.717, 1.165) is 30.6 Å². The van der Waals surface area contributed by atoms with Crippen molar-refractivity contribution in [2.24, 2.45) is 5.92 Å². The Balaban J connectivity index is 1.96. The Bertz CT molecular complexity index is 577. The van der Waals surface area contributed by atoms with Gasteiger partial charge in [0.05, 0.1) is 25.7 Å². The van der Waals surface area contributed by atoms with Crippen molar-refractivity contribution in [1.82, 2.24) is 5.32 Å². The summed E-state index contributed by atoms with van der Waals surface area (Å²) in [6.07, 6.45) is 3.83. The predicted molar refractivity (Wildman–Crippen MR) is 97.1 cm³/mol. The van der Waals surface area contributed by atoms with Gasteiger partial charge in [-0.2, -0.15) is 0 Å². The summed E-state index contributed by atoms with van der Waals surface area (Å²) in [4.78, 5) is 12.1. The second-order valence-corrected chi connectivity index (χ2v) is 7.76. The van der Waals surface area contributed by atoms with Crippen LogP contribution in [0.2, 0.25) is 0 Å². The molecule has 2 atom stereocenters. The minimum Gasteiger partial charge on any atom is -0.493 e. The summed E-state index contributed by atoms with van der Waals surface area (Å²) in [6.45, 7) is 4.75. The van der Waals surface area contributed by atoms with E-state index in [4.69, 9.17) is 32.7 Å². The van der Waals surface area contributed by atoms with E-state index in [9.17, 15) is 4.79 Å². The highest BCUT2D eigenvalue weighted by molar-refractivity contribution is 6.52. The number of rotatable bonds is 9. The molecule has 1 fully saturated rings. The zero-order chi connectivity index (χ0) is 17.7. The Morgan fingerprint density at radius 3 is 2.67 bits per heavy atom. The molecular weight excluding hydrogens is 349 g/mol. The first-order chi connectivity index (χ1) is 11.4. The molecule has 1 saturated carbocycles. The van der Waals surface area contributed by atoms with Gasteiger partial charge in [0.1, 0.15) is 4.33 Å². The largest absolute Gasteiger partial charge is 0.493 e. The minimum atomic E-state index is -0.905. The van der Waals surface area contributed by atoms with Gasteiger partial charge >= 0.3 is 0 Å². The number of benzene rings is 1. The van der Waals surface area contributed by atoms with Crippen LogP contribution in [0.3, 0.4) is 0 Å². The average molecular weight is 374 g/mol. The lowest BCUT2D eigenvalue weighted by molar-refractivity contribution is -0.123. The van der Waals surface area contributed by atoms with Crippen LogP contribution in [0.4, 0.5) is 0 Å². The van der Waals surface area contributed by atoms with Crippen LogP contribution in [-0.4, -0.2) is 24.0 Å². The standard InChI is InChI=1S/C18H25Cl2NO3/c1-4-5-6-9-24-15-8-7-13(10-16(15)23-3)12(2)21-17(22)14-11-18(14,19)20/h7-8,10,12,14H,4-6,9,11H2,1-3H3,(H,21,22). The predicted octanol–water partition coefficient (Wildman–Crippen LogP) is 4.64. The van der Waals surface area contributed by atoms with Crippen molar-refractivity contribution in [3.05, 3.63) is 23.8 Å². The molecule has 134 valence electrons. The first-order valence-electron chi connectivity index (χ1n) is 8.38. The molecule has 0 aromatic heterocycles. The van der Waals surface area contributed by atoms with Crippen LogP contribution in [0.1, 0.15) is 51.1 Å². The van der Waals surface area contributed by atoms with E-state index in [1.54, 1.807) is 7.11 Å². The maximum atomic E-state index is 12.1. The first-order valence-corrected chi connectivity index (χ1v) is 9.13. The summed E-state index contributed by atoms with van der Waals surface area (Å²) in [7, 11) is 1.61. The molecule has 0 aliphatic heterocycles. The van der Waals surface area contributed by atoms with Crippen LogP contribution >= 0.6 is 23.2 Å². The summed E-state index contributed by atoms with van der Waals surface area (Å²) >= 11 is 11.9. The molecule has 1 amide bonds. The molecule has 1 aliphatic carbocycles. The third-order valence-electron chi connectivity index (χ3n) is 4.19. The molecule has 0 saturated heterocycles. The topological polar surface area (TPSA) is 47.6 Å². The second kappa shape index (κ2) is 8.30. The fraction of sp³-hybridized carbons (Fsp3) is 0.611. The van der Waals surface area contributed by atoms with Crippen molar-refractivity contribution < 1.29 is 14.3 Å². The number of halogens is 2. The van der Waals surface area contributed by atoms with Crippen molar-refractivity contribution in [1.29, 1.82) is 0 Å². The highest BCUT2D eigenvalue weighted by atomic mass is 35.5. The van der Waals surface area contributed by atoms with Gasteiger partial charge in [-0.05, 0) is 37.5 Å². The molecule has 6 heteroatoms. The number of carbonyl (C=O) groups is 1. The van der Waals surface area contributed by atoms with E-state index < -0.39 is 4.33 Å². The van der Waals surface area contributed by atoms with Crippen LogP contribution in [0.25, 0.3) is 0 Å². The van der Waals surface area contributed by atoms with Crippen LogP contribution in [0.15, 0.2) is 18.2 Å². The van der Waals surface area contributed by atoms with Gasteiger partial charge in [0.25, 0.3) is 0 Å². The normalized spacial score (nSPS) is 19.5. The Morgan fingerprint density at radius 1 is 1.38 bits per heavy atom. The summed E-state index contributed by atoms with van der Waals surface area (Å²) in [5.41, 5.74) is 0.941. The molecule has 2 unspecified atom stereocenters. The summed E-state index contributed by atoms with van der Waals surface area (Å²) in [6, 6.07) is 5.55. The summed E-state index contributed by atoms with van der Waals surface area (Å²) in [5, 5.41) is 2.94. The second-order valence-electron chi connectivity index (χ2n) is 6.21. The number of amides is 1. The number of unbranched alkanes of at least 4 members (excludes halogenated alkanes) is 2. The van der Waals surface area contributed by atoms with E-state index in [1.807, 2.05) is 25.1 Å². The van der Waals surface area contributed by atoms with Gasteiger partial charge in [-0.25, -0.2) is 0 Å². The molecule has 0 bridgehead atoms. The van der Waals surface area contributed by atoms with E-state index >= 15 is 0 Å². The number of carbonyl (C=O) groups excluding carboxylic acids is 1. The lowest BCUT2D eigenvalue weighted by Gasteiger charge is -2.17. The highest BCUT2D eigenvalue weighted by Crippen LogP contribution is 2.53. The Hall–Kier alpha value is -1.13. The number of nitrogens with one attached hydrogen (secondary N) is 1. The number of ether oxygens (including phenoxy) is 2. The fourth-order valence-electron chi connectivity index (χ4n) is 2.50. The van der Waals surface area contributed by atoms with Crippen LogP contribution < -0.4 is 14.8 Å². The zero-order valence-corrected chi connectivity index (χ0v) is 15.9. The molecule has 1 aromatic carbocycles. The van der Waals surface area contributed by atoms with Crippen LogP contribution in [0.5, 0.6) is 11.5 Å². The molecule has 2 rings (SSSR count). The van der Waals surface area contributed by atoms with E-state index in [1.165, 1.54) is 0 Å². The van der Waals surface area contributed by atoms with Gasteiger partial charge in [-0.3, -0.25) is 4.79 Å². The molecule has 1 aliphatic rings. The smallest absolute Gasteiger partial charge is 0.226 e. The third-order valence-corrected chi connectivity index (χ3v) is 5.03. The van der Waals surface area contributed by atoms with Gasteiger partial charge in [-0.15, -0.1) is 23.2 Å². The van der Waals surface area contributed by atoms with Crippen molar-refractivity contribution in [2.45, 2.75) is 49.9 Å². The molecular formula is C18H25Cl2NO3. The lowest BCUT2D eigenvalue weighted by Crippen LogP contribution is -2.29.